The van der Waals surface area contributed by atoms with Gasteiger partial charge in [-0.1, -0.05) is 18.9 Å². The second-order valence-electron chi connectivity index (χ2n) is 9.08. The summed E-state index contributed by atoms with van der Waals surface area (Å²) in [5.74, 6) is -0.130. The molecule has 0 radical (unpaired) electrons. The molecule has 1 aromatic rings. The molecule has 0 unspecified atom stereocenters. The molecule has 1 aliphatic carbocycles. The minimum atomic E-state index is -0.365. The van der Waals surface area contributed by atoms with Gasteiger partial charge in [0.05, 0.1) is 5.56 Å². The lowest BCUT2D eigenvalue weighted by Crippen LogP contribution is -2.49. The molecule has 2 saturated heterocycles. The van der Waals surface area contributed by atoms with Crippen LogP contribution in [-0.4, -0.2) is 62.0 Å². The number of anilines is 1. The van der Waals surface area contributed by atoms with E-state index in [1.165, 1.54) is 44.1 Å². The number of carbonyl (C=O) groups excluding carboxylic acids is 2. The van der Waals surface area contributed by atoms with Crippen molar-refractivity contribution in [2.75, 3.05) is 45.2 Å². The Morgan fingerprint density at radius 2 is 1.64 bits per heavy atom. The lowest BCUT2D eigenvalue weighted by atomic mass is 9.77. The van der Waals surface area contributed by atoms with E-state index in [-0.39, 0.29) is 17.9 Å². The number of piperidine rings is 1. The molecule has 28 heavy (non-hydrogen) atoms. The summed E-state index contributed by atoms with van der Waals surface area (Å²) in [6, 6.07) is 6.09. The first-order valence-corrected chi connectivity index (χ1v) is 10.5. The Morgan fingerprint density at radius 1 is 1.04 bits per heavy atom. The molecule has 3 fully saturated rings. The van der Waals surface area contributed by atoms with Crippen LogP contribution in [0.2, 0.25) is 0 Å². The van der Waals surface area contributed by atoms with Gasteiger partial charge >= 0.3 is 6.03 Å². The number of urea groups is 1. The van der Waals surface area contributed by atoms with E-state index in [1.807, 2.05) is 26.2 Å². The van der Waals surface area contributed by atoms with Crippen LogP contribution in [0.4, 0.5) is 10.5 Å². The van der Waals surface area contributed by atoms with E-state index in [9.17, 15) is 9.59 Å². The molecule has 152 valence electrons. The number of likely N-dealkylation sites (N-methyl/N-ethyl adjacent to an activating group) is 2. The summed E-state index contributed by atoms with van der Waals surface area (Å²) in [5, 5.41) is 0. The molecule has 0 aromatic heterocycles. The maximum Gasteiger partial charge on any atom is 0.319 e. The van der Waals surface area contributed by atoms with Crippen molar-refractivity contribution in [1.82, 2.24) is 9.80 Å². The zero-order chi connectivity index (χ0) is 19.9. The van der Waals surface area contributed by atoms with Gasteiger partial charge in [0.15, 0.2) is 0 Å². The van der Waals surface area contributed by atoms with Crippen LogP contribution in [0.5, 0.6) is 0 Å². The first-order chi connectivity index (χ1) is 13.4. The number of nitrogens with two attached hydrogens (primary N) is 1. The molecule has 1 aromatic carbocycles. The Balaban J connectivity index is 1.58. The number of amides is 3. The number of hydrogen-bond donors (Lipinski definition) is 1. The van der Waals surface area contributed by atoms with Crippen LogP contribution < -0.4 is 10.6 Å². The zero-order valence-corrected chi connectivity index (χ0v) is 17.1. The number of carbonyl (C=O) groups is 2. The second-order valence-corrected chi connectivity index (χ2v) is 9.08. The Labute approximate surface area is 167 Å². The predicted octanol–water partition coefficient (Wildman–Crippen LogP) is 3.03. The fourth-order valence-electron chi connectivity index (χ4n) is 5.50. The minimum Gasteiger partial charge on any atom is -0.371 e. The minimum absolute atomic E-state index is 0.0584. The first-order valence-electron chi connectivity index (χ1n) is 10.5. The van der Waals surface area contributed by atoms with E-state index in [4.69, 9.17) is 5.73 Å². The average molecular weight is 385 g/mol. The highest BCUT2D eigenvalue weighted by Crippen LogP contribution is 2.47. The standard InChI is InChI=1S/C22H32N4O2/c1-24-14-17(15-25(2)21(24)28)16-5-6-18(20(23)27)19(13-16)26-11-9-22(10-12-26)7-3-4-8-22/h5-6,13,17H,3-4,7-12,14-15H2,1-2H3,(H2,23,27). The van der Waals surface area contributed by atoms with Crippen molar-refractivity contribution < 1.29 is 9.59 Å². The van der Waals surface area contributed by atoms with E-state index >= 15 is 0 Å². The quantitative estimate of drug-likeness (QED) is 0.871. The number of nitrogens with zero attached hydrogens (tertiary/aromatic N) is 3. The molecular weight excluding hydrogens is 352 g/mol. The van der Waals surface area contributed by atoms with E-state index in [0.29, 0.717) is 24.1 Å². The van der Waals surface area contributed by atoms with Crippen LogP contribution in [0, 0.1) is 5.41 Å². The normalized spacial score (nSPS) is 22.9. The lowest BCUT2D eigenvalue weighted by molar-refractivity contribution is 0.100. The maximum atomic E-state index is 12.1. The van der Waals surface area contributed by atoms with E-state index in [0.717, 1.165) is 18.8 Å². The molecule has 3 amide bonds. The number of primary amides is 1. The molecule has 2 heterocycles. The Bertz CT molecular complexity index is 748. The van der Waals surface area contributed by atoms with Gasteiger partial charge < -0.3 is 20.4 Å². The van der Waals surface area contributed by atoms with Crippen LogP contribution in [0.1, 0.15) is 60.4 Å². The SMILES string of the molecule is CN1CC(c2ccc(C(N)=O)c(N3CCC4(CCCC4)CC3)c2)CN(C)C1=O. The average Bonchev–Trinajstić information content (AvgIpc) is 3.13. The third-order valence-electron chi connectivity index (χ3n) is 7.23. The lowest BCUT2D eigenvalue weighted by Gasteiger charge is -2.41. The highest BCUT2D eigenvalue weighted by Gasteiger charge is 2.37. The monoisotopic (exact) mass is 384 g/mol. The summed E-state index contributed by atoms with van der Waals surface area (Å²) in [6.45, 7) is 3.38. The summed E-state index contributed by atoms with van der Waals surface area (Å²) in [6.07, 6.45) is 7.86. The van der Waals surface area contributed by atoms with Crippen LogP contribution in [0.3, 0.4) is 0 Å². The van der Waals surface area contributed by atoms with Gasteiger partial charge in [0.25, 0.3) is 5.91 Å². The van der Waals surface area contributed by atoms with Gasteiger partial charge in [-0.15, -0.1) is 0 Å². The van der Waals surface area contributed by atoms with Crippen molar-refractivity contribution in [2.45, 2.75) is 44.4 Å². The molecular formula is C22H32N4O2. The summed E-state index contributed by atoms with van der Waals surface area (Å²) in [7, 11) is 3.69. The highest BCUT2D eigenvalue weighted by atomic mass is 16.2. The highest BCUT2D eigenvalue weighted by molar-refractivity contribution is 5.99. The zero-order valence-electron chi connectivity index (χ0n) is 17.1. The summed E-state index contributed by atoms with van der Waals surface area (Å²) in [4.78, 5) is 30.0. The van der Waals surface area contributed by atoms with Gasteiger partial charge in [-0.2, -0.15) is 0 Å². The number of rotatable bonds is 3. The van der Waals surface area contributed by atoms with Crippen LogP contribution in [-0.2, 0) is 0 Å². The third-order valence-corrected chi connectivity index (χ3v) is 7.23. The van der Waals surface area contributed by atoms with Gasteiger partial charge in [-0.3, -0.25) is 4.79 Å². The fraction of sp³-hybridized carbons (Fsp3) is 0.636. The summed E-state index contributed by atoms with van der Waals surface area (Å²) < 4.78 is 0. The van der Waals surface area contributed by atoms with Gasteiger partial charge in [-0.25, -0.2) is 4.79 Å². The van der Waals surface area contributed by atoms with Gasteiger partial charge in [0.2, 0.25) is 0 Å². The van der Waals surface area contributed by atoms with Crippen LogP contribution in [0.15, 0.2) is 18.2 Å². The molecule has 2 aliphatic heterocycles. The van der Waals surface area contributed by atoms with Gasteiger partial charge in [-0.05, 0) is 48.8 Å². The van der Waals surface area contributed by atoms with Crippen molar-refractivity contribution >= 4 is 17.6 Å². The topological polar surface area (TPSA) is 69.9 Å². The predicted molar refractivity (Wildman–Crippen MR) is 111 cm³/mol. The molecule has 3 aliphatic rings. The van der Waals surface area contributed by atoms with E-state index in [1.54, 1.807) is 9.80 Å². The van der Waals surface area contributed by atoms with Crippen molar-refractivity contribution in [3.05, 3.63) is 29.3 Å². The third kappa shape index (κ3) is 3.45. The Kier molecular flexibility index (Phi) is 4.98. The van der Waals surface area contributed by atoms with Crippen molar-refractivity contribution in [2.24, 2.45) is 11.1 Å². The first kappa shape index (κ1) is 19.1. The summed E-state index contributed by atoms with van der Waals surface area (Å²) in [5.41, 5.74) is 9.00. The largest absolute Gasteiger partial charge is 0.371 e. The molecule has 6 nitrogen and oxygen atoms in total. The summed E-state index contributed by atoms with van der Waals surface area (Å²) >= 11 is 0. The van der Waals surface area contributed by atoms with Crippen molar-refractivity contribution in [1.29, 1.82) is 0 Å². The number of benzene rings is 1. The molecule has 6 heteroatoms. The van der Waals surface area contributed by atoms with E-state index < -0.39 is 0 Å². The van der Waals surface area contributed by atoms with Crippen LogP contribution in [0.25, 0.3) is 0 Å². The van der Waals surface area contributed by atoms with Crippen LogP contribution >= 0.6 is 0 Å². The molecule has 4 rings (SSSR count). The molecule has 2 N–H and O–H groups in total. The van der Waals surface area contributed by atoms with Gasteiger partial charge in [0.1, 0.15) is 0 Å². The van der Waals surface area contributed by atoms with E-state index in [2.05, 4.69) is 11.0 Å². The van der Waals surface area contributed by atoms with Gasteiger partial charge in [0, 0.05) is 51.9 Å². The number of hydrogen-bond acceptors (Lipinski definition) is 3. The van der Waals surface area contributed by atoms with Crippen molar-refractivity contribution in [3.63, 3.8) is 0 Å². The Hall–Kier alpha value is -2.24. The second kappa shape index (κ2) is 7.30. The molecule has 0 atom stereocenters. The molecule has 0 bridgehead atoms. The Morgan fingerprint density at radius 3 is 2.21 bits per heavy atom. The van der Waals surface area contributed by atoms with Crippen molar-refractivity contribution in [3.8, 4) is 0 Å². The smallest absolute Gasteiger partial charge is 0.319 e. The maximum absolute atomic E-state index is 12.1. The molecule has 1 saturated carbocycles. The molecule has 1 spiro atoms. The fourth-order valence-corrected chi connectivity index (χ4v) is 5.50.